The summed E-state index contributed by atoms with van der Waals surface area (Å²) in [4.78, 5) is 37.4. The molecule has 3 N–H and O–H groups in total. The van der Waals surface area contributed by atoms with Gasteiger partial charge in [0.2, 0.25) is 0 Å². The first-order valence-corrected chi connectivity index (χ1v) is 6.30. The smallest absolute Gasteiger partial charge is 0.323 e. The highest BCUT2D eigenvalue weighted by Gasteiger charge is 2.14. The van der Waals surface area contributed by atoms with Gasteiger partial charge >= 0.3 is 11.9 Å². The van der Waals surface area contributed by atoms with Crippen molar-refractivity contribution >= 4 is 23.7 Å². The van der Waals surface area contributed by atoms with Gasteiger partial charge in [-0.2, -0.15) is 0 Å². The fraction of sp³-hybridized carbons (Fsp3) is 0.143. The van der Waals surface area contributed by atoms with Crippen LogP contribution < -0.4 is 5.32 Å². The van der Waals surface area contributed by atoms with E-state index in [9.17, 15) is 14.4 Å². The van der Waals surface area contributed by atoms with Crippen LogP contribution >= 0.6 is 0 Å². The van der Waals surface area contributed by atoms with E-state index in [1.165, 1.54) is 23.2 Å². The largest absolute Gasteiger partial charge is 0.481 e. The minimum atomic E-state index is -1.04. The number of carboxylic acid groups (broad SMARTS) is 2. The lowest BCUT2D eigenvalue weighted by atomic mass is 10.0. The van der Waals surface area contributed by atoms with E-state index in [1.54, 1.807) is 18.2 Å². The van der Waals surface area contributed by atoms with Crippen LogP contribution in [0.3, 0.4) is 0 Å². The molecule has 8 heteroatoms. The number of hydrogen-bond acceptors (Lipinski definition) is 4. The minimum absolute atomic E-state index is 0.191. The van der Waals surface area contributed by atoms with Crippen LogP contribution in [0.4, 0.5) is 5.82 Å². The summed E-state index contributed by atoms with van der Waals surface area (Å²) in [6.07, 6.45) is 2.40. The maximum Gasteiger partial charge on any atom is 0.323 e. The molecule has 1 heterocycles. The Hall–Kier alpha value is -3.16. The average molecular weight is 303 g/mol. The average Bonchev–Trinajstić information content (AvgIpc) is 2.84. The molecule has 0 bridgehead atoms. The van der Waals surface area contributed by atoms with Crippen LogP contribution in [0.25, 0.3) is 0 Å². The number of rotatable bonds is 6. The zero-order valence-electron chi connectivity index (χ0n) is 11.4. The molecule has 0 saturated carbocycles. The molecule has 8 nitrogen and oxygen atoms in total. The predicted octanol–water partition coefficient (Wildman–Crippen LogP) is 0.847. The van der Waals surface area contributed by atoms with E-state index >= 15 is 0 Å². The number of aliphatic carboxylic acids is 2. The molecule has 0 saturated heterocycles. The van der Waals surface area contributed by atoms with E-state index in [2.05, 4.69) is 10.3 Å². The molecular formula is C14H13N3O5. The van der Waals surface area contributed by atoms with Crippen molar-refractivity contribution in [3.63, 3.8) is 0 Å². The Morgan fingerprint density at radius 3 is 2.55 bits per heavy atom. The third kappa shape index (κ3) is 3.92. The lowest BCUT2D eigenvalue weighted by molar-refractivity contribution is -0.138. The molecule has 114 valence electrons. The van der Waals surface area contributed by atoms with Crippen molar-refractivity contribution in [2.45, 2.75) is 13.0 Å². The summed E-state index contributed by atoms with van der Waals surface area (Å²) in [6, 6.07) is 6.36. The Kier molecular flexibility index (Phi) is 4.52. The second-order valence-electron chi connectivity index (χ2n) is 4.51. The molecule has 0 aliphatic carbocycles. The van der Waals surface area contributed by atoms with E-state index in [0.717, 1.165) is 0 Å². The standard InChI is InChI=1S/C14H13N3O5/c18-12(19)5-9-3-1-2-4-10(9)14(22)16-11-6-17(8-15-11)7-13(20)21/h1-4,6,8H,5,7H2,(H,16,22)(H,18,19)(H,20,21). The Bertz CT molecular complexity index is 723. The van der Waals surface area contributed by atoms with Gasteiger partial charge in [0.1, 0.15) is 6.54 Å². The number of nitrogens with zero attached hydrogens (tertiary/aromatic N) is 2. The summed E-state index contributed by atoms with van der Waals surface area (Å²) in [7, 11) is 0. The first kappa shape index (κ1) is 15.2. The van der Waals surface area contributed by atoms with Gasteiger partial charge in [-0.3, -0.25) is 14.4 Å². The van der Waals surface area contributed by atoms with Crippen LogP contribution in [-0.4, -0.2) is 37.6 Å². The Balaban J connectivity index is 2.14. The van der Waals surface area contributed by atoms with Crippen LogP contribution in [0.2, 0.25) is 0 Å². The Morgan fingerprint density at radius 1 is 1.14 bits per heavy atom. The van der Waals surface area contributed by atoms with Crippen LogP contribution in [0, 0.1) is 0 Å². The maximum absolute atomic E-state index is 12.2. The van der Waals surface area contributed by atoms with Crippen molar-refractivity contribution < 1.29 is 24.6 Å². The van der Waals surface area contributed by atoms with Gasteiger partial charge in [0.15, 0.2) is 5.82 Å². The molecule has 22 heavy (non-hydrogen) atoms. The molecule has 1 aromatic heterocycles. The topological polar surface area (TPSA) is 122 Å². The number of carboxylic acids is 2. The third-order valence-corrected chi connectivity index (χ3v) is 2.80. The lowest BCUT2D eigenvalue weighted by Crippen LogP contribution is -2.16. The third-order valence-electron chi connectivity index (χ3n) is 2.80. The number of carbonyl (C=O) groups excluding carboxylic acids is 1. The molecule has 0 atom stereocenters. The molecule has 0 spiro atoms. The van der Waals surface area contributed by atoms with Gasteiger partial charge in [0, 0.05) is 11.8 Å². The van der Waals surface area contributed by atoms with E-state index in [4.69, 9.17) is 10.2 Å². The number of aromatic nitrogens is 2. The van der Waals surface area contributed by atoms with Crippen molar-refractivity contribution in [3.05, 3.63) is 47.9 Å². The van der Waals surface area contributed by atoms with E-state index in [-0.39, 0.29) is 24.3 Å². The first-order chi connectivity index (χ1) is 10.5. The van der Waals surface area contributed by atoms with Gasteiger partial charge in [0.05, 0.1) is 12.7 Å². The van der Waals surface area contributed by atoms with E-state index in [0.29, 0.717) is 5.56 Å². The Morgan fingerprint density at radius 2 is 1.86 bits per heavy atom. The normalized spacial score (nSPS) is 10.2. The number of carbonyl (C=O) groups is 3. The van der Waals surface area contributed by atoms with Crippen molar-refractivity contribution in [2.75, 3.05) is 5.32 Å². The number of nitrogens with one attached hydrogen (secondary N) is 1. The quantitative estimate of drug-likeness (QED) is 0.727. The number of benzene rings is 1. The van der Waals surface area contributed by atoms with Crippen LogP contribution in [0.15, 0.2) is 36.8 Å². The second kappa shape index (κ2) is 6.53. The molecule has 0 aliphatic rings. The van der Waals surface area contributed by atoms with Gasteiger partial charge in [-0.05, 0) is 11.6 Å². The summed E-state index contributed by atoms with van der Waals surface area (Å²) in [5.74, 6) is -2.37. The van der Waals surface area contributed by atoms with Gasteiger partial charge in [-0.15, -0.1) is 0 Å². The number of amides is 1. The molecule has 0 radical (unpaired) electrons. The van der Waals surface area contributed by atoms with E-state index in [1.807, 2.05) is 0 Å². The predicted molar refractivity (Wildman–Crippen MR) is 75.6 cm³/mol. The van der Waals surface area contributed by atoms with Crippen molar-refractivity contribution in [2.24, 2.45) is 0 Å². The van der Waals surface area contributed by atoms with Crippen molar-refractivity contribution in [3.8, 4) is 0 Å². The van der Waals surface area contributed by atoms with Crippen molar-refractivity contribution in [1.29, 1.82) is 0 Å². The SMILES string of the molecule is O=C(O)Cc1ccccc1C(=O)Nc1cn(CC(=O)O)cn1. The second-order valence-corrected chi connectivity index (χ2v) is 4.51. The van der Waals surface area contributed by atoms with Crippen LogP contribution in [0.5, 0.6) is 0 Å². The van der Waals surface area contributed by atoms with Gasteiger partial charge in [-0.25, -0.2) is 4.98 Å². The lowest BCUT2D eigenvalue weighted by Gasteiger charge is -2.07. The maximum atomic E-state index is 12.2. The highest BCUT2D eigenvalue weighted by molar-refractivity contribution is 6.05. The molecular weight excluding hydrogens is 290 g/mol. The van der Waals surface area contributed by atoms with Gasteiger partial charge in [0.25, 0.3) is 5.91 Å². The summed E-state index contributed by atoms with van der Waals surface area (Å²) in [6.45, 7) is -0.265. The molecule has 0 fully saturated rings. The van der Waals surface area contributed by atoms with Gasteiger partial charge < -0.3 is 20.1 Å². The molecule has 2 aromatic rings. The summed E-state index contributed by atoms with van der Waals surface area (Å²) in [5, 5.41) is 20.0. The van der Waals surface area contributed by atoms with Crippen molar-refractivity contribution in [1.82, 2.24) is 9.55 Å². The molecule has 2 rings (SSSR count). The molecule has 0 aliphatic heterocycles. The number of imidazole rings is 1. The van der Waals surface area contributed by atoms with E-state index < -0.39 is 17.8 Å². The highest BCUT2D eigenvalue weighted by Crippen LogP contribution is 2.12. The zero-order valence-corrected chi connectivity index (χ0v) is 11.4. The van der Waals surface area contributed by atoms with Gasteiger partial charge in [-0.1, -0.05) is 18.2 Å². The van der Waals surface area contributed by atoms with Crippen LogP contribution in [-0.2, 0) is 22.6 Å². The summed E-state index contributed by atoms with van der Waals surface area (Å²) in [5.41, 5.74) is 0.621. The number of anilines is 1. The fourth-order valence-corrected chi connectivity index (χ4v) is 1.91. The first-order valence-electron chi connectivity index (χ1n) is 6.30. The molecule has 1 aromatic carbocycles. The monoisotopic (exact) mass is 303 g/mol. The molecule has 0 unspecified atom stereocenters. The zero-order chi connectivity index (χ0) is 16.1. The highest BCUT2D eigenvalue weighted by atomic mass is 16.4. The number of hydrogen-bond donors (Lipinski definition) is 3. The summed E-state index contributed by atoms with van der Waals surface area (Å²) >= 11 is 0. The van der Waals surface area contributed by atoms with Crippen LogP contribution in [0.1, 0.15) is 15.9 Å². The fourth-order valence-electron chi connectivity index (χ4n) is 1.91. The summed E-state index contributed by atoms with van der Waals surface area (Å²) < 4.78 is 1.31. The Labute approximate surface area is 125 Å². The molecule has 1 amide bonds. The minimum Gasteiger partial charge on any atom is -0.481 e.